The average molecular weight is 238 g/mol. The van der Waals surface area contributed by atoms with Crippen molar-refractivity contribution in [1.29, 1.82) is 5.26 Å². The first kappa shape index (κ1) is 10.5. The Balaban J connectivity index is 2.20. The first-order chi connectivity index (χ1) is 8.81. The van der Waals surface area contributed by atoms with Gasteiger partial charge < -0.3 is 5.32 Å². The second-order valence-corrected chi connectivity index (χ2v) is 4.08. The molecule has 0 saturated carbocycles. The van der Waals surface area contributed by atoms with Crippen molar-refractivity contribution in [2.24, 2.45) is 0 Å². The van der Waals surface area contributed by atoms with Crippen LogP contribution in [-0.2, 0) is 0 Å². The lowest BCUT2D eigenvalue weighted by molar-refractivity contribution is 0.252. The fourth-order valence-electron chi connectivity index (χ4n) is 2.18. The molecule has 18 heavy (non-hydrogen) atoms. The van der Waals surface area contributed by atoms with Gasteiger partial charge in [-0.15, -0.1) is 0 Å². The Labute approximate surface area is 104 Å². The van der Waals surface area contributed by atoms with E-state index in [9.17, 15) is 4.79 Å². The fraction of sp³-hybridized carbons (Fsp3) is 0.154. The summed E-state index contributed by atoms with van der Waals surface area (Å²) in [5.41, 5.74) is 0.676. The lowest BCUT2D eigenvalue weighted by Gasteiger charge is -2.19. The minimum absolute atomic E-state index is 0.250. The molecule has 5 heteroatoms. The van der Waals surface area contributed by atoms with Crippen LogP contribution in [0.5, 0.6) is 0 Å². The number of anilines is 1. The van der Waals surface area contributed by atoms with E-state index in [0.29, 0.717) is 12.2 Å². The number of aromatic nitrogens is 1. The number of carbonyl (C=O) groups is 1. The minimum Gasteiger partial charge on any atom is -0.334 e. The van der Waals surface area contributed by atoms with Crippen molar-refractivity contribution in [1.82, 2.24) is 10.3 Å². The summed E-state index contributed by atoms with van der Waals surface area (Å²) < 4.78 is 0. The molecule has 1 unspecified atom stereocenters. The number of hydrogen-bond acceptors (Lipinski definition) is 3. The molecule has 0 aliphatic carbocycles. The molecule has 88 valence electrons. The molecule has 2 heterocycles. The van der Waals surface area contributed by atoms with Gasteiger partial charge in [0.05, 0.1) is 24.5 Å². The lowest BCUT2D eigenvalue weighted by atomic mass is 10.1. The molecule has 2 amide bonds. The van der Waals surface area contributed by atoms with Gasteiger partial charge in [-0.3, -0.25) is 9.88 Å². The van der Waals surface area contributed by atoms with Crippen LogP contribution in [-0.4, -0.2) is 23.6 Å². The number of nitriles is 1. The lowest BCUT2D eigenvalue weighted by Crippen LogP contribution is -2.33. The third-order valence-corrected chi connectivity index (χ3v) is 3.03. The molecular weight excluding hydrogens is 228 g/mol. The maximum atomic E-state index is 11.8. The predicted octanol–water partition coefficient (Wildman–Crippen LogP) is 1.66. The van der Waals surface area contributed by atoms with Crippen LogP contribution in [0.3, 0.4) is 0 Å². The Morgan fingerprint density at radius 3 is 3.06 bits per heavy atom. The van der Waals surface area contributed by atoms with Crippen LogP contribution in [0.2, 0.25) is 0 Å². The highest BCUT2D eigenvalue weighted by atomic mass is 16.2. The van der Waals surface area contributed by atoms with E-state index in [2.05, 4.69) is 16.4 Å². The van der Waals surface area contributed by atoms with Gasteiger partial charge in [-0.25, -0.2) is 4.79 Å². The van der Waals surface area contributed by atoms with Crippen LogP contribution in [0.1, 0.15) is 0 Å². The van der Waals surface area contributed by atoms with Crippen LogP contribution < -0.4 is 10.2 Å². The zero-order valence-corrected chi connectivity index (χ0v) is 9.50. The molecular formula is C13H10N4O. The second-order valence-electron chi connectivity index (χ2n) is 4.08. The number of rotatable bonds is 1. The standard InChI is InChI=1S/C13H10N4O/c14-5-10-7-16-13(18)17(10)12-8-15-6-9-3-1-2-4-11(9)12/h1-4,6,8,10H,7H2,(H,16,18). The molecule has 1 aromatic carbocycles. The summed E-state index contributed by atoms with van der Waals surface area (Å²) in [6.07, 6.45) is 3.37. The summed E-state index contributed by atoms with van der Waals surface area (Å²) in [5, 5.41) is 13.6. The summed E-state index contributed by atoms with van der Waals surface area (Å²) in [5.74, 6) is 0. The fourth-order valence-corrected chi connectivity index (χ4v) is 2.18. The summed E-state index contributed by atoms with van der Waals surface area (Å²) in [4.78, 5) is 17.4. The van der Waals surface area contributed by atoms with E-state index < -0.39 is 6.04 Å². The van der Waals surface area contributed by atoms with E-state index in [1.54, 1.807) is 12.4 Å². The van der Waals surface area contributed by atoms with Gasteiger partial charge in [0.15, 0.2) is 0 Å². The predicted molar refractivity (Wildman–Crippen MR) is 67.0 cm³/mol. The number of amides is 2. The highest BCUT2D eigenvalue weighted by Crippen LogP contribution is 2.28. The molecule has 1 N–H and O–H groups in total. The molecule has 2 aromatic rings. The third-order valence-electron chi connectivity index (χ3n) is 3.03. The van der Waals surface area contributed by atoms with Gasteiger partial charge in [-0.05, 0) is 0 Å². The van der Waals surface area contributed by atoms with Gasteiger partial charge in [-0.1, -0.05) is 24.3 Å². The van der Waals surface area contributed by atoms with Gasteiger partial charge in [0, 0.05) is 17.0 Å². The van der Waals surface area contributed by atoms with E-state index in [1.165, 1.54) is 4.90 Å². The van der Waals surface area contributed by atoms with Crippen molar-refractivity contribution in [2.75, 3.05) is 11.4 Å². The van der Waals surface area contributed by atoms with Crippen LogP contribution in [0.15, 0.2) is 36.7 Å². The van der Waals surface area contributed by atoms with E-state index in [0.717, 1.165) is 10.8 Å². The number of nitrogens with zero attached hydrogens (tertiary/aromatic N) is 3. The highest BCUT2D eigenvalue weighted by molar-refractivity contribution is 6.04. The average Bonchev–Trinajstić information content (AvgIpc) is 2.79. The number of pyridine rings is 1. The summed E-state index contributed by atoms with van der Waals surface area (Å²) in [6, 6.07) is 9.07. The zero-order valence-electron chi connectivity index (χ0n) is 9.50. The van der Waals surface area contributed by atoms with Gasteiger partial charge in [-0.2, -0.15) is 5.26 Å². The van der Waals surface area contributed by atoms with Gasteiger partial charge in [0.1, 0.15) is 6.04 Å². The number of fused-ring (bicyclic) bond motifs is 1. The number of hydrogen-bond donors (Lipinski definition) is 1. The number of urea groups is 1. The van der Waals surface area contributed by atoms with Crippen molar-refractivity contribution in [3.05, 3.63) is 36.7 Å². The molecule has 1 saturated heterocycles. The minimum atomic E-state index is -0.481. The van der Waals surface area contributed by atoms with Crippen molar-refractivity contribution in [2.45, 2.75) is 6.04 Å². The summed E-state index contributed by atoms with van der Waals surface area (Å²) in [7, 11) is 0. The zero-order chi connectivity index (χ0) is 12.5. The number of carbonyl (C=O) groups excluding carboxylic acids is 1. The second kappa shape index (κ2) is 4.00. The number of nitrogens with one attached hydrogen (secondary N) is 1. The van der Waals surface area contributed by atoms with Crippen molar-refractivity contribution in [3.8, 4) is 6.07 Å². The van der Waals surface area contributed by atoms with Gasteiger partial charge in [0.25, 0.3) is 0 Å². The Morgan fingerprint density at radius 1 is 1.39 bits per heavy atom. The molecule has 1 aromatic heterocycles. The summed E-state index contributed by atoms with van der Waals surface area (Å²) >= 11 is 0. The Morgan fingerprint density at radius 2 is 2.22 bits per heavy atom. The van der Waals surface area contributed by atoms with E-state index >= 15 is 0 Å². The van der Waals surface area contributed by atoms with Crippen LogP contribution in [0.25, 0.3) is 10.8 Å². The van der Waals surface area contributed by atoms with E-state index in [4.69, 9.17) is 5.26 Å². The SMILES string of the molecule is N#CC1CNC(=O)N1c1cncc2ccccc12. The third kappa shape index (κ3) is 1.47. The number of benzene rings is 1. The van der Waals surface area contributed by atoms with Crippen LogP contribution in [0, 0.1) is 11.3 Å². The quantitative estimate of drug-likeness (QED) is 0.821. The molecule has 0 bridgehead atoms. The molecule has 1 aliphatic heterocycles. The Kier molecular flexibility index (Phi) is 2.34. The first-order valence-electron chi connectivity index (χ1n) is 5.60. The molecule has 3 rings (SSSR count). The smallest absolute Gasteiger partial charge is 0.323 e. The van der Waals surface area contributed by atoms with Crippen LogP contribution >= 0.6 is 0 Å². The molecule has 0 spiro atoms. The first-order valence-corrected chi connectivity index (χ1v) is 5.60. The molecule has 5 nitrogen and oxygen atoms in total. The maximum Gasteiger partial charge on any atom is 0.323 e. The Hall–Kier alpha value is -2.61. The van der Waals surface area contributed by atoms with E-state index in [-0.39, 0.29) is 6.03 Å². The van der Waals surface area contributed by atoms with Crippen molar-refractivity contribution < 1.29 is 4.79 Å². The monoisotopic (exact) mass is 238 g/mol. The van der Waals surface area contributed by atoms with Gasteiger partial charge >= 0.3 is 6.03 Å². The summed E-state index contributed by atoms with van der Waals surface area (Å²) in [6.45, 7) is 0.346. The molecule has 1 aliphatic rings. The molecule has 1 atom stereocenters. The molecule has 0 radical (unpaired) electrons. The van der Waals surface area contributed by atoms with Gasteiger partial charge in [0.2, 0.25) is 0 Å². The largest absolute Gasteiger partial charge is 0.334 e. The van der Waals surface area contributed by atoms with Crippen LogP contribution in [0.4, 0.5) is 10.5 Å². The maximum absolute atomic E-state index is 11.8. The van der Waals surface area contributed by atoms with Crippen molar-refractivity contribution >= 4 is 22.5 Å². The normalized spacial score (nSPS) is 18.7. The Bertz CT molecular complexity index is 656. The van der Waals surface area contributed by atoms with Crippen molar-refractivity contribution in [3.63, 3.8) is 0 Å². The topological polar surface area (TPSA) is 69.0 Å². The highest BCUT2D eigenvalue weighted by Gasteiger charge is 2.32. The molecule has 1 fully saturated rings. The van der Waals surface area contributed by atoms with E-state index in [1.807, 2.05) is 24.3 Å².